The van der Waals surface area contributed by atoms with Gasteiger partial charge in [-0.1, -0.05) is 6.07 Å². The molecule has 0 bridgehead atoms. The summed E-state index contributed by atoms with van der Waals surface area (Å²) in [4.78, 5) is 14.0. The van der Waals surface area contributed by atoms with Crippen LogP contribution in [0.4, 0.5) is 5.82 Å². The highest BCUT2D eigenvalue weighted by molar-refractivity contribution is 7.91. The Bertz CT molecular complexity index is 806. The minimum Gasteiger partial charge on any atom is -0.384 e. The highest BCUT2D eigenvalue weighted by Crippen LogP contribution is 2.27. The highest BCUT2D eigenvalue weighted by atomic mass is 32.2. The third-order valence-electron chi connectivity index (χ3n) is 3.36. The number of hydrogen-bond acceptors (Lipinski definition) is 5. The number of nitrogen functional groups attached to an aromatic ring is 1. The van der Waals surface area contributed by atoms with Crippen LogP contribution in [0, 0.1) is 0 Å². The normalized spacial score (nSPS) is 21.1. The molecule has 7 nitrogen and oxygen atoms in total. The van der Waals surface area contributed by atoms with Gasteiger partial charge in [0, 0.05) is 12.1 Å². The summed E-state index contributed by atoms with van der Waals surface area (Å²) >= 11 is 0. The number of anilines is 1. The summed E-state index contributed by atoms with van der Waals surface area (Å²) < 4.78 is 24.6. The van der Waals surface area contributed by atoms with Gasteiger partial charge in [-0.25, -0.2) is 13.1 Å². The van der Waals surface area contributed by atoms with E-state index < -0.39 is 9.84 Å². The summed E-state index contributed by atoms with van der Waals surface area (Å²) in [6.07, 6.45) is 0.513. The van der Waals surface area contributed by atoms with Crippen molar-refractivity contribution < 1.29 is 8.42 Å². The van der Waals surface area contributed by atoms with Gasteiger partial charge >= 0.3 is 0 Å². The second kappa shape index (κ2) is 4.48. The molecule has 0 aliphatic carbocycles. The third-order valence-corrected chi connectivity index (χ3v) is 5.11. The molecule has 2 aromatic rings. The van der Waals surface area contributed by atoms with E-state index in [-0.39, 0.29) is 23.1 Å². The first kappa shape index (κ1) is 12.9. The van der Waals surface area contributed by atoms with Crippen molar-refractivity contribution in [1.82, 2.24) is 14.8 Å². The Morgan fingerprint density at radius 2 is 2.20 bits per heavy atom. The quantitative estimate of drug-likeness (QED) is 0.820. The maximum Gasteiger partial charge on any atom is 0.248 e. The summed E-state index contributed by atoms with van der Waals surface area (Å²) in [5.41, 5.74) is 6.77. The topological polar surface area (TPSA) is 111 Å². The fourth-order valence-electron chi connectivity index (χ4n) is 2.40. The molecule has 1 aliphatic heterocycles. The maximum atomic E-state index is 11.5. The molecular formula is C12H14N4O3S. The Morgan fingerprint density at radius 1 is 1.40 bits per heavy atom. The predicted octanol–water partition coefficient (Wildman–Crippen LogP) is 0.180. The van der Waals surface area contributed by atoms with Crippen LogP contribution >= 0.6 is 0 Å². The average Bonchev–Trinajstić information content (AvgIpc) is 2.92. The molecule has 1 unspecified atom stereocenters. The molecule has 3 N–H and O–H groups in total. The molecule has 1 aliphatic rings. The first-order chi connectivity index (χ1) is 9.44. The zero-order valence-electron chi connectivity index (χ0n) is 10.6. The van der Waals surface area contributed by atoms with Crippen LogP contribution in [0.5, 0.6) is 0 Å². The van der Waals surface area contributed by atoms with Gasteiger partial charge in [-0.3, -0.25) is 4.79 Å². The van der Waals surface area contributed by atoms with Crippen molar-refractivity contribution in [3.63, 3.8) is 0 Å². The molecule has 0 aromatic carbocycles. The first-order valence-corrected chi connectivity index (χ1v) is 8.02. The zero-order valence-corrected chi connectivity index (χ0v) is 11.4. The average molecular weight is 294 g/mol. The van der Waals surface area contributed by atoms with Crippen LogP contribution in [0.2, 0.25) is 0 Å². The Kier molecular flexibility index (Phi) is 2.89. The van der Waals surface area contributed by atoms with Crippen LogP contribution in [0.15, 0.2) is 29.1 Å². The standard InChI is InChI=1S/C12H14N4O3S/c13-11-6-10(9-2-1-3-12(17)14-9)15-16(11)8-4-5-20(18,19)7-8/h1-3,6,8H,4-5,7,13H2,(H,14,17). The zero-order chi connectivity index (χ0) is 14.3. The monoisotopic (exact) mass is 294 g/mol. The molecule has 8 heteroatoms. The number of aromatic amines is 1. The fourth-order valence-corrected chi connectivity index (χ4v) is 4.09. The SMILES string of the molecule is Nc1cc(-c2cccc(=O)[nH]2)nn1C1CCS(=O)(=O)C1. The molecule has 1 fully saturated rings. The number of nitrogens with two attached hydrogens (primary N) is 1. The van der Waals surface area contributed by atoms with Crippen LogP contribution < -0.4 is 11.3 Å². The summed E-state index contributed by atoms with van der Waals surface area (Å²) in [5.74, 6) is 0.616. The molecular weight excluding hydrogens is 280 g/mol. The lowest BCUT2D eigenvalue weighted by Gasteiger charge is -2.09. The lowest BCUT2D eigenvalue weighted by molar-refractivity contribution is 0.508. The molecule has 3 rings (SSSR count). The van der Waals surface area contributed by atoms with Gasteiger partial charge in [0.15, 0.2) is 9.84 Å². The van der Waals surface area contributed by atoms with Gasteiger partial charge in [0.2, 0.25) is 5.56 Å². The van der Waals surface area contributed by atoms with Gasteiger partial charge in [-0.2, -0.15) is 5.10 Å². The van der Waals surface area contributed by atoms with E-state index in [0.29, 0.717) is 23.6 Å². The summed E-state index contributed by atoms with van der Waals surface area (Å²) in [7, 11) is -3.00. The van der Waals surface area contributed by atoms with Gasteiger partial charge in [0.1, 0.15) is 11.5 Å². The van der Waals surface area contributed by atoms with Gasteiger partial charge in [0.25, 0.3) is 0 Å². The van der Waals surface area contributed by atoms with Crippen molar-refractivity contribution in [2.45, 2.75) is 12.5 Å². The van der Waals surface area contributed by atoms with E-state index in [2.05, 4.69) is 10.1 Å². The van der Waals surface area contributed by atoms with Crippen LogP contribution in [0.25, 0.3) is 11.4 Å². The molecule has 0 saturated carbocycles. The van der Waals surface area contributed by atoms with Gasteiger partial charge < -0.3 is 10.7 Å². The van der Waals surface area contributed by atoms with Crippen molar-refractivity contribution >= 4 is 15.7 Å². The van der Waals surface area contributed by atoms with Crippen molar-refractivity contribution in [3.05, 3.63) is 34.6 Å². The van der Waals surface area contributed by atoms with E-state index in [1.807, 2.05) is 0 Å². The molecule has 0 amide bonds. The number of nitrogens with one attached hydrogen (secondary N) is 1. The number of sulfone groups is 1. The third kappa shape index (κ3) is 2.34. The number of nitrogens with zero attached hydrogens (tertiary/aromatic N) is 2. The number of pyridine rings is 1. The smallest absolute Gasteiger partial charge is 0.248 e. The highest BCUT2D eigenvalue weighted by Gasteiger charge is 2.31. The Hall–Kier alpha value is -2.09. The maximum absolute atomic E-state index is 11.5. The predicted molar refractivity (Wildman–Crippen MR) is 75.0 cm³/mol. The molecule has 1 saturated heterocycles. The van der Waals surface area contributed by atoms with Crippen molar-refractivity contribution in [2.24, 2.45) is 0 Å². The lowest BCUT2D eigenvalue weighted by atomic mass is 10.2. The van der Waals surface area contributed by atoms with E-state index in [0.717, 1.165) is 0 Å². The lowest BCUT2D eigenvalue weighted by Crippen LogP contribution is -2.14. The van der Waals surface area contributed by atoms with E-state index >= 15 is 0 Å². The molecule has 20 heavy (non-hydrogen) atoms. The molecule has 1 atom stereocenters. The Morgan fingerprint density at radius 3 is 2.85 bits per heavy atom. The van der Waals surface area contributed by atoms with E-state index in [9.17, 15) is 13.2 Å². The van der Waals surface area contributed by atoms with Crippen molar-refractivity contribution in [2.75, 3.05) is 17.2 Å². The number of hydrogen-bond donors (Lipinski definition) is 2. The molecule has 3 heterocycles. The first-order valence-electron chi connectivity index (χ1n) is 6.20. The van der Waals surface area contributed by atoms with Crippen LogP contribution in [-0.2, 0) is 9.84 Å². The number of rotatable bonds is 2. The minimum absolute atomic E-state index is 0.0592. The van der Waals surface area contributed by atoms with Gasteiger partial charge in [-0.05, 0) is 12.5 Å². The van der Waals surface area contributed by atoms with E-state index in [1.54, 1.807) is 18.2 Å². The molecule has 2 aromatic heterocycles. The molecule has 106 valence electrons. The van der Waals surface area contributed by atoms with Crippen LogP contribution in [-0.4, -0.2) is 34.7 Å². The molecule has 0 radical (unpaired) electrons. The van der Waals surface area contributed by atoms with Crippen molar-refractivity contribution in [1.29, 1.82) is 0 Å². The molecule has 0 spiro atoms. The summed E-state index contributed by atoms with van der Waals surface area (Å²) in [6.45, 7) is 0. The van der Waals surface area contributed by atoms with Crippen LogP contribution in [0.3, 0.4) is 0 Å². The van der Waals surface area contributed by atoms with E-state index in [1.165, 1.54) is 10.7 Å². The fraction of sp³-hybridized carbons (Fsp3) is 0.333. The minimum atomic E-state index is -3.00. The number of H-pyrrole nitrogens is 1. The van der Waals surface area contributed by atoms with E-state index in [4.69, 9.17) is 5.73 Å². The van der Waals surface area contributed by atoms with Crippen molar-refractivity contribution in [3.8, 4) is 11.4 Å². The summed E-state index contributed by atoms with van der Waals surface area (Å²) in [6, 6.07) is 6.16. The number of aromatic nitrogens is 3. The second-order valence-corrected chi connectivity index (χ2v) is 7.11. The Balaban J connectivity index is 1.98. The Labute approximate surface area is 115 Å². The summed E-state index contributed by atoms with van der Waals surface area (Å²) in [5, 5.41) is 4.33. The second-order valence-electron chi connectivity index (χ2n) is 4.88. The van der Waals surface area contributed by atoms with Crippen LogP contribution in [0.1, 0.15) is 12.5 Å². The van der Waals surface area contributed by atoms with Gasteiger partial charge in [0.05, 0.1) is 23.2 Å². The largest absolute Gasteiger partial charge is 0.384 e. The van der Waals surface area contributed by atoms with Gasteiger partial charge in [-0.15, -0.1) is 0 Å².